The molecule has 0 unspecified atom stereocenters. The number of carbonyl (C=O) groups is 1. The predicted molar refractivity (Wildman–Crippen MR) is 103 cm³/mol. The van der Waals surface area contributed by atoms with Gasteiger partial charge in [-0.15, -0.1) is 0 Å². The molecule has 4 heteroatoms. The van der Waals surface area contributed by atoms with E-state index in [9.17, 15) is 9.18 Å². The van der Waals surface area contributed by atoms with Crippen LogP contribution in [-0.2, 0) is 10.2 Å². The fourth-order valence-corrected chi connectivity index (χ4v) is 3.06. The molecule has 2 aromatic rings. The van der Waals surface area contributed by atoms with Crippen molar-refractivity contribution in [1.29, 1.82) is 0 Å². The zero-order valence-corrected chi connectivity index (χ0v) is 15.7. The first kappa shape index (κ1) is 18.3. The van der Waals surface area contributed by atoms with Gasteiger partial charge in [-0.05, 0) is 53.5 Å². The minimum atomic E-state index is -0.288. The number of nitrogens with one attached hydrogen (secondary N) is 1. The van der Waals surface area contributed by atoms with Crippen LogP contribution in [0, 0.1) is 11.7 Å². The number of benzene rings is 2. The molecule has 1 aliphatic carbocycles. The van der Waals surface area contributed by atoms with Gasteiger partial charge in [-0.3, -0.25) is 4.79 Å². The quantitative estimate of drug-likeness (QED) is 0.625. The summed E-state index contributed by atoms with van der Waals surface area (Å²) < 4.78 is 13.0. The summed E-state index contributed by atoms with van der Waals surface area (Å²) in [4.78, 5) is 12.3. The van der Waals surface area contributed by atoms with Crippen LogP contribution in [0.25, 0.3) is 0 Å². The maximum absolute atomic E-state index is 13.0. The molecule has 1 aliphatic rings. The van der Waals surface area contributed by atoms with Crippen molar-refractivity contribution in [3.63, 3.8) is 0 Å². The topological polar surface area (TPSA) is 41.5 Å². The summed E-state index contributed by atoms with van der Waals surface area (Å²) in [6.07, 6.45) is 0.853. The van der Waals surface area contributed by atoms with Gasteiger partial charge in [-0.25, -0.2) is 9.82 Å². The Morgan fingerprint density at radius 3 is 2.27 bits per heavy atom. The molecule has 3 nitrogen and oxygen atoms in total. The summed E-state index contributed by atoms with van der Waals surface area (Å²) in [6, 6.07) is 14.6. The zero-order chi connectivity index (χ0) is 18.9. The molecule has 0 bridgehead atoms. The number of hydrazone groups is 1. The molecule has 0 aliphatic heterocycles. The first-order valence-corrected chi connectivity index (χ1v) is 8.96. The van der Waals surface area contributed by atoms with Gasteiger partial charge in [0.2, 0.25) is 5.91 Å². The van der Waals surface area contributed by atoms with E-state index in [2.05, 4.69) is 55.6 Å². The molecule has 2 atom stereocenters. The molecule has 0 aromatic heterocycles. The van der Waals surface area contributed by atoms with Crippen molar-refractivity contribution in [2.45, 2.75) is 45.4 Å². The van der Waals surface area contributed by atoms with Crippen LogP contribution in [0.4, 0.5) is 4.39 Å². The molecule has 1 amide bonds. The third kappa shape index (κ3) is 4.18. The molecular weight excluding hydrogens is 327 g/mol. The average Bonchev–Trinajstić information content (AvgIpc) is 3.40. The van der Waals surface area contributed by atoms with Crippen LogP contribution in [0.15, 0.2) is 53.6 Å². The summed E-state index contributed by atoms with van der Waals surface area (Å²) in [7, 11) is 0. The zero-order valence-electron chi connectivity index (χ0n) is 15.7. The lowest BCUT2D eigenvalue weighted by Gasteiger charge is -2.19. The van der Waals surface area contributed by atoms with Gasteiger partial charge in [0.1, 0.15) is 5.82 Å². The van der Waals surface area contributed by atoms with Gasteiger partial charge in [-0.2, -0.15) is 5.10 Å². The Balaban J connectivity index is 1.59. The number of hydrogen-bond donors (Lipinski definition) is 1. The highest BCUT2D eigenvalue weighted by atomic mass is 19.1. The number of rotatable bonds is 4. The van der Waals surface area contributed by atoms with Crippen LogP contribution in [0.3, 0.4) is 0 Å². The largest absolute Gasteiger partial charge is 0.273 e. The van der Waals surface area contributed by atoms with E-state index in [0.29, 0.717) is 5.71 Å². The second kappa shape index (κ2) is 7.02. The lowest BCUT2D eigenvalue weighted by Crippen LogP contribution is -2.21. The molecule has 26 heavy (non-hydrogen) atoms. The first-order valence-electron chi connectivity index (χ1n) is 8.96. The standard InChI is InChI=1S/C22H25FN2O/c1-14(15-7-11-18(23)12-8-15)24-25-21(26)20-13-19(20)16-5-9-17(10-6-16)22(2,3)4/h5-12,19-20H,13H2,1-4H3,(H,25,26)/b24-14+/t19-,20+/m0/s1. The number of amides is 1. The Labute approximate surface area is 154 Å². The number of hydrogen-bond acceptors (Lipinski definition) is 2. The van der Waals surface area contributed by atoms with Gasteiger partial charge in [-0.1, -0.05) is 57.2 Å². The molecule has 0 saturated heterocycles. The molecule has 136 valence electrons. The van der Waals surface area contributed by atoms with E-state index in [1.165, 1.54) is 23.3 Å². The van der Waals surface area contributed by atoms with E-state index in [4.69, 9.17) is 0 Å². The summed E-state index contributed by atoms with van der Waals surface area (Å²) in [5.74, 6) is -0.106. The number of nitrogens with zero attached hydrogens (tertiary/aromatic N) is 1. The van der Waals surface area contributed by atoms with E-state index in [-0.39, 0.29) is 29.0 Å². The van der Waals surface area contributed by atoms with E-state index in [1.54, 1.807) is 19.1 Å². The van der Waals surface area contributed by atoms with Crippen LogP contribution < -0.4 is 5.43 Å². The highest BCUT2D eigenvalue weighted by Crippen LogP contribution is 2.47. The number of carbonyl (C=O) groups excluding carboxylic acids is 1. The van der Waals surface area contributed by atoms with Gasteiger partial charge in [0.15, 0.2) is 0 Å². The van der Waals surface area contributed by atoms with Crippen molar-refractivity contribution in [3.05, 3.63) is 71.0 Å². The van der Waals surface area contributed by atoms with E-state index in [0.717, 1.165) is 12.0 Å². The Bertz CT molecular complexity index is 817. The van der Waals surface area contributed by atoms with Crippen molar-refractivity contribution in [1.82, 2.24) is 5.43 Å². The Morgan fingerprint density at radius 1 is 1.08 bits per heavy atom. The summed E-state index contributed by atoms with van der Waals surface area (Å²) in [5, 5.41) is 4.15. The smallest absolute Gasteiger partial charge is 0.243 e. The second-order valence-electron chi connectivity index (χ2n) is 8.00. The molecule has 0 heterocycles. The normalized spacial score (nSPS) is 20.0. The van der Waals surface area contributed by atoms with E-state index < -0.39 is 0 Å². The molecule has 0 spiro atoms. The molecule has 0 radical (unpaired) electrons. The molecule has 2 aromatic carbocycles. The maximum Gasteiger partial charge on any atom is 0.243 e. The van der Waals surface area contributed by atoms with Crippen molar-refractivity contribution >= 4 is 11.6 Å². The minimum Gasteiger partial charge on any atom is -0.273 e. The van der Waals surface area contributed by atoms with Crippen LogP contribution in [0.1, 0.15) is 56.7 Å². The van der Waals surface area contributed by atoms with Crippen LogP contribution in [0.5, 0.6) is 0 Å². The molecular formula is C22H25FN2O. The molecule has 3 rings (SSSR count). The van der Waals surface area contributed by atoms with Gasteiger partial charge in [0.05, 0.1) is 5.71 Å². The van der Waals surface area contributed by atoms with Crippen molar-refractivity contribution < 1.29 is 9.18 Å². The Hall–Kier alpha value is -2.49. The summed E-state index contributed by atoms with van der Waals surface area (Å²) in [6.45, 7) is 8.37. The van der Waals surface area contributed by atoms with E-state index >= 15 is 0 Å². The predicted octanol–water partition coefficient (Wildman–Crippen LogP) is 4.77. The molecule has 1 fully saturated rings. The van der Waals surface area contributed by atoms with Crippen LogP contribution in [0.2, 0.25) is 0 Å². The lowest BCUT2D eigenvalue weighted by molar-refractivity contribution is -0.122. The lowest BCUT2D eigenvalue weighted by atomic mass is 9.86. The highest BCUT2D eigenvalue weighted by Gasteiger charge is 2.44. The Morgan fingerprint density at radius 2 is 1.69 bits per heavy atom. The third-order valence-electron chi connectivity index (χ3n) is 4.93. The number of halogens is 1. The van der Waals surface area contributed by atoms with Crippen LogP contribution >= 0.6 is 0 Å². The monoisotopic (exact) mass is 352 g/mol. The van der Waals surface area contributed by atoms with Crippen LogP contribution in [-0.4, -0.2) is 11.6 Å². The third-order valence-corrected chi connectivity index (χ3v) is 4.93. The van der Waals surface area contributed by atoms with Crippen molar-refractivity contribution in [2.75, 3.05) is 0 Å². The molecule has 1 N–H and O–H groups in total. The van der Waals surface area contributed by atoms with Gasteiger partial charge in [0.25, 0.3) is 0 Å². The summed E-state index contributed by atoms with van der Waals surface area (Å²) in [5.41, 5.74) is 6.72. The fraction of sp³-hybridized carbons (Fsp3) is 0.364. The van der Waals surface area contributed by atoms with Crippen molar-refractivity contribution in [3.8, 4) is 0 Å². The Kier molecular flexibility index (Phi) is 4.94. The second-order valence-corrected chi connectivity index (χ2v) is 8.00. The fourth-order valence-electron chi connectivity index (χ4n) is 3.06. The van der Waals surface area contributed by atoms with Gasteiger partial charge < -0.3 is 0 Å². The molecule has 1 saturated carbocycles. The van der Waals surface area contributed by atoms with Crippen molar-refractivity contribution in [2.24, 2.45) is 11.0 Å². The van der Waals surface area contributed by atoms with Gasteiger partial charge in [0, 0.05) is 5.92 Å². The maximum atomic E-state index is 13.0. The SMILES string of the molecule is C/C(=N\NC(=O)[C@@H]1C[C@H]1c1ccc(C(C)(C)C)cc1)c1ccc(F)cc1. The van der Waals surface area contributed by atoms with E-state index in [1.807, 2.05) is 0 Å². The average molecular weight is 352 g/mol. The minimum absolute atomic E-state index is 0.0275. The highest BCUT2D eigenvalue weighted by molar-refractivity contribution is 5.99. The summed E-state index contributed by atoms with van der Waals surface area (Å²) >= 11 is 0. The first-order chi connectivity index (χ1) is 12.3. The van der Waals surface area contributed by atoms with Gasteiger partial charge >= 0.3 is 0 Å².